The number of benzene rings is 2. The molecule has 3 nitrogen and oxygen atoms in total. The topological polar surface area (TPSA) is 41.5 Å². The first kappa shape index (κ1) is 13.7. The fourth-order valence-electron chi connectivity index (χ4n) is 2.19. The molecule has 0 atom stereocenters. The van der Waals surface area contributed by atoms with E-state index >= 15 is 0 Å². The number of fused-ring (bicyclic) bond motifs is 1. The van der Waals surface area contributed by atoms with Crippen molar-refractivity contribution in [2.75, 3.05) is 11.9 Å². The molecule has 106 valence electrons. The summed E-state index contributed by atoms with van der Waals surface area (Å²) in [7, 11) is 0. The predicted octanol–water partition coefficient (Wildman–Crippen LogP) is 3.41. The van der Waals surface area contributed by atoms with Gasteiger partial charge in [0.25, 0.3) is 0 Å². The van der Waals surface area contributed by atoms with Gasteiger partial charge in [-0.3, -0.25) is 9.79 Å². The summed E-state index contributed by atoms with van der Waals surface area (Å²) in [6, 6.07) is 8.52. The minimum Gasteiger partial charge on any atom is -0.321 e. The Kier molecular flexibility index (Phi) is 3.43. The van der Waals surface area contributed by atoms with Crippen molar-refractivity contribution in [1.82, 2.24) is 0 Å². The van der Waals surface area contributed by atoms with Crippen LogP contribution in [0.5, 0.6) is 0 Å². The molecule has 1 aliphatic rings. The molecule has 2 aromatic rings. The molecule has 1 heterocycles. The zero-order valence-electron chi connectivity index (χ0n) is 10.7. The summed E-state index contributed by atoms with van der Waals surface area (Å²) in [5.41, 5.74) is 0.611. The van der Waals surface area contributed by atoms with Gasteiger partial charge in [0.15, 0.2) is 0 Å². The Morgan fingerprint density at radius 1 is 1.10 bits per heavy atom. The van der Waals surface area contributed by atoms with Gasteiger partial charge in [-0.25, -0.2) is 8.78 Å². The molecular formula is C15H9ClF2N2O. The molecular weight excluding hydrogens is 298 g/mol. The highest BCUT2D eigenvalue weighted by molar-refractivity contribution is 6.32. The number of carbonyl (C=O) groups is 1. The molecule has 0 unspecified atom stereocenters. The number of nitrogens with one attached hydrogen (secondary N) is 1. The summed E-state index contributed by atoms with van der Waals surface area (Å²) in [6.45, 7) is -0.213. The number of aliphatic imine (C=N–C) groups is 1. The zero-order valence-corrected chi connectivity index (χ0v) is 11.4. The molecule has 3 rings (SSSR count). The summed E-state index contributed by atoms with van der Waals surface area (Å²) in [6.07, 6.45) is 0. The predicted molar refractivity (Wildman–Crippen MR) is 76.9 cm³/mol. The van der Waals surface area contributed by atoms with E-state index in [-0.39, 0.29) is 34.1 Å². The number of rotatable bonds is 1. The minimum absolute atomic E-state index is 0.0381. The van der Waals surface area contributed by atoms with Crippen molar-refractivity contribution in [3.05, 3.63) is 64.2 Å². The number of carbonyl (C=O) groups excluding carboxylic acids is 1. The van der Waals surface area contributed by atoms with Crippen LogP contribution in [-0.4, -0.2) is 18.2 Å². The van der Waals surface area contributed by atoms with Crippen molar-refractivity contribution in [2.24, 2.45) is 4.99 Å². The second kappa shape index (κ2) is 5.26. The molecule has 0 fully saturated rings. The van der Waals surface area contributed by atoms with Gasteiger partial charge in [-0.1, -0.05) is 23.7 Å². The molecule has 0 bridgehead atoms. The first-order valence-corrected chi connectivity index (χ1v) is 6.52. The van der Waals surface area contributed by atoms with Crippen molar-refractivity contribution >= 4 is 28.9 Å². The van der Waals surface area contributed by atoms with Crippen molar-refractivity contribution in [1.29, 1.82) is 0 Å². The highest BCUT2D eigenvalue weighted by Gasteiger charge is 2.23. The lowest BCUT2D eigenvalue weighted by Crippen LogP contribution is -2.14. The van der Waals surface area contributed by atoms with Crippen LogP contribution in [-0.2, 0) is 4.79 Å². The summed E-state index contributed by atoms with van der Waals surface area (Å²) in [5, 5.41) is 2.57. The number of hydrogen-bond acceptors (Lipinski definition) is 2. The number of benzodiazepines with no additional fused rings is 1. The summed E-state index contributed by atoms with van der Waals surface area (Å²) >= 11 is 5.86. The third-order valence-electron chi connectivity index (χ3n) is 3.08. The summed E-state index contributed by atoms with van der Waals surface area (Å²) < 4.78 is 28.0. The molecule has 1 N–H and O–H groups in total. The van der Waals surface area contributed by atoms with E-state index < -0.39 is 17.5 Å². The molecule has 0 saturated heterocycles. The van der Waals surface area contributed by atoms with Crippen molar-refractivity contribution < 1.29 is 13.6 Å². The molecule has 1 amide bonds. The van der Waals surface area contributed by atoms with Crippen LogP contribution in [0.1, 0.15) is 11.1 Å². The quantitative estimate of drug-likeness (QED) is 0.862. The van der Waals surface area contributed by atoms with Gasteiger partial charge >= 0.3 is 0 Å². The Hall–Kier alpha value is -2.27. The Morgan fingerprint density at radius 2 is 1.86 bits per heavy atom. The monoisotopic (exact) mass is 306 g/mol. The zero-order chi connectivity index (χ0) is 15.0. The van der Waals surface area contributed by atoms with E-state index in [2.05, 4.69) is 10.3 Å². The average molecular weight is 307 g/mol. The van der Waals surface area contributed by atoms with E-state index in [0.717, 1.165) is 6.07 Å². The van der Waals surface area contributed by atoms with Crippen LogP contribution >= 0.6 is 11.6 Å². The normalized spacial score (nSPS) is 14.0. The first-order valence-electron chi connectivity index (χ1n) is 6.15. The van der Waals surface area contributed by atoms with Gasteiger partial charge in [-0.05, 0) is 24.3 Å². The van der Waals surface area contributed by atoms with Crippen molar-refractivity contribution in [3.8, 4) is 0 Å². The number of halogens is 3. The maximum absolute atomic E-state index is 14.0. The van der Waals surface area contributed by atoms with Gasteiger partial charge in [0.05, 0.1) is 11.4 Å². The largest absolute Gasteiger partial charge is 0.321 e. The fourth-order valence-corrected chi connectivity index (χ4v) is 2.39. The van der Waals surface area contributed by atoms with Crippen LogP contribution < -0.4 is 5.32 Å². The van der Waals surface area contributed by atoms with Gasteiger partial charge in [0.1, 0.15) is 18.2 Å². The Morgan fingerprint density at radius 3 is 2.62 bits per heavy atom. The lowest BCUT2D eigenvalue weighted by atomic mass is 10.00. The number of hydrogen-bond donors (Lipinski definition) is 1. The van der Waals surface area contributed by atoms with Gasteiger partial charge in [-0.15, -0.1) is 0 Å². The van der Waals surface area contributed by atoms with E-state index in [1.54, 1.807) is 12.1 Å². The van der Waals surface area contributed by atoms with Gasteiger partial charge in [0, 0.05) is 16.1 Å². The van der Waals surface area contributed by atoms with Crippen LogP contribution in [0, 0.1) is 11.6 Å². The molecule has 2 aromatic carbocycles. The van der Waals surface area contributed by atoms with Crippen molar-refractivity contribution in [3.63, 3.8) is 0 Å². The number of amides is 1. The number of nitrogens with zero attached hydrogens (tertiary/aromatic N) is 1. The smallest absolute Gasteiger partial charge is 0.246 e. The third-order valence-corrected chi connectivity index (χ3v) is 3.30. The molecule has 0 aliphatic carbocycles. The lowest BCUT2D eigenvalue weighted by molar-refractivity contribution is -0.114. The molecule has 21 heavy (non-hydrogen) atoms. The molecule has 0 radical (unpaired) electrons. The Labute approximate surface area is 124 Å². The number of anilines is 1. The molecule has 0 spiro atoms. The van der Waals surface area contributed by atoms with E-state index in [1.807, 2.05) is 0 Å². The SMILES string of the molecule is O=C1CN=C(c2ccccc2F)c2cc(Cl)cc(F)c2N1. The minimum atomic E-state index is -0.684. The Bertz CT molecular complexity index is 774. The standard InChI is InChI=1S/C15H9ClF2N2O/c16-8-5-10-14(9-3-1-2-4-11(9)17)19-7-13(21)20-15(10)12(18)6-8/h1-6H,7H2,(H,20,21). The first-order chi connectivity index (χ1) is 10.1. The highest BCUT2D eigenvalue weighted by atomic mass is 35.5. The van der Waals surface area contributed by atoms with Gasteiger partial charge < -0.3 is 5.32 Å². The fraction of sp³-hybridized carbons (Fsp3) is 0.0667. The molecule has 6 heteroatoms. The molecule has 0 saturated carbocycles. The molecule has 1 aliphatic heterocycles. The molecule has 0 aromatic heterocycles. The van der Waals surface area contributed by atoms with Crippen LogP contribution in [0.4, 0.5) is 14.5 Å². The van der Waals surface area contributed by atoms with E-state index in [4.69, 9.17) is 11.6 Å². The van der Waals surface area contributed by atoms with E-state index in [1.165, 1.54) is 18.2 Å². The van der Waals surface area contributed by atoms with Gasteiger partial charge in [-0.2, -0.15) is 0 Å². The van der Waals surface area contributed by atoms with Gasteiger partial charge in [0.2, 0.25) is 5.91 Å². The lowest BCUT2D eigenvalue weighted by Gasteiger charge is -2.12. The van der Waals surface area contributed by atoms with E-state index in [9.17, 15) is 13.6 Å². The second-order valence-corrected chi connectivity index (χ2v) is 4.94. The second-order valence-electron chi connectivity index (χ2n) is 4.50. The highest BCUT2D eigenvalue weighted by Crippen LogP contribution is 2.29. The van der Waals surface area contributed by atoms with Crippen molar-refractivity contribution in [2.45, 2.75) is 0 Å². The van der Waals surface area contributed by atoms with Crippen LogP contribution in [0.3, 0.4) is 0 Å². The van der Waals surface area contributed by atoms with Crippen LogP contribution in [0.25, 0.3) is 0 Å². The summed E-state index contributed by atoms with van der Waals surface area (Å²) in [5.74, 6) is -1.66. The maximum Gasteiger partial charge on any atom is 0.246 e. The van der Waals surface area contributed by atoms with E-state index in [0.29, 0.717) is 0 Å². The van der Waals surface area contributed by atoms with Crippen LogP contribution in [0.15, 0.2) is 41.4 Å². The Balaban J connectivity index is 2.28. The summed E-state index contributed by atoms with van der Waals surface area (Å²) in [4.78, 5) is 15.7. The maximum atomic E-state index is 14.0. The average Bonchev–Trinajstić information content (AvgIpc) is 2.59. The third kappa shape index (κ3) is 2.52. The van der Waals surface area contributed by atoms with Crippen LogP contribution in [0.2, 0.25) is 5.02 Å².